The van der Waals surface area contributed by atoms with Crippen LogP contribution in [0.5, 0.6) is 5.75 Å². The van der Waals surface area contributed by atoms with Crippen LogP contribution in [-0.2, 0) is 14.9 Å². The minimum Gasteiger partial charge on any atom is -0.499 e. The summed E-state index contributed by atoms with van der Waals surface area (Å²) in [6, 6.07) is 12.7. The van der Waals surface area contributed by atoms with Crippen LogP contribution < -0.4 is 4.74 Å². The van der Waals surface area contributed by atoms with E-state index in [1.54, 1.807) is 31.4 Å². The van der Waals surface area contributed by atoms with Crippen molar-refractivity contribution in [3.05, 3.63) is 64.7 Å². The predicted octanol–water partition coefficient (Wildman–Crippen LogP) is 5.96. The number of ether oxygens (including phenoxy) is 3. The first-order chi connectivity index (χ1) is 16.4. The molecule has 0 aliphatic heterocycles. The van der Waals surface area contributed by atoms with E-state index in [-0.39, 0.29) is 29.3 Å². The molecule has 2 aromatic carbocycles. The average molecular weight is 481 g/mol. The molecule has 1 N–H and O–H groups in total. The SMILES string of the molecule is COC(C)OCOc1cc(C(=O)c2ccccc2C(O)=S)ccc1C12CC3CC(CC(C3)C1)C2. The van der Waals surface area contributed by atoms with E-state index in [0.29, 0.717) is 22.4 Å². The summed E-state index contributed by atoms with van der Waals surface area (Å²) in [4.78, 5) is 13.4. The average Bonchev–Trinajstić information content (AvgIpc) is 2.82. The lowest BCUT2D eigenvalue weighted by Crippen LogP contribution is -2.48. The first-order valence-electron chi connectivity index (χ1n) is 12.2. The molecular formula is C28H32O5S. The normalized spacial score (nSPS) is 28.0. The summed E-state index contributed by atoms with van der Waals surface area (Å²) in [6.07, 6.45) is 7.28. The molecule has 0 amide bonds. The van der Waals surface area contributed by atoms with Gasteiger partial charge in [-0.1, -0.05) is 30.3 Å². The van der Waals surface area contributed by atoms with Crippen LogP contribution in [0.1, 0.15) is 72.5 Å². The van der Waals surface area contributed by atoms with Gasteiger partial charge < -0.3 is 19.3 Å². The van der Waals surface area contributed by atoms with Crippen LogP contribution in [0.4, 0.5) is 0 Å². The van der Waals surface area contributed by atoms with Gasteiger partial charge in [0, 0.05) is 29.4 Å². The van der Waals surface area contributed by atoms with Crippen molar-refractivity contribution in [2.24, 2.45) is 17.8 Å². The first kappa shape index (κ1) is 23.5. The minimum absolute atomic E-state index is 0.0450. The van der Waals surface area contributed by atoms with E-state index in [9.17, 15) is 9.90 Å². The molecule has 4 fully saturated rings. The Morgan fingerprint density at radius 2 is 1.68 bits per heavy atom. The molecule has 6 heteroatoms. The fourth-order valence-corrected chi connectivity index (χ4v) is 7.12. The van der Waals surface area contributed by atoms with E-state index >= 15 is 0 Å². The highest BCUT2D eigenvalue weighted by Gasteiger charge is 2.52. The van der Waals surface area contributed by atoms with Crippen LogP contribution in [0.15, 0.2) is 42.5 Å². The molecule has 6 rings (SSSR count). The molecule has 34 heavy (non-hydrogen) atoms. The van der Waals surface area contributed by atoms with E-state index in [4.69, 9.17) is 26.4 Å². The molecule has 4 saturated carbocycles. The number of hydrogen-bond acceptors (Lipinski definition) is 5. The van der Waals surface area contributed by atoms with Crippen molar-refractivity contribution in [2.45, 2.75) is 57.2 Å². The molecule has 5 nitrogen and oxygen atoms in total. The van der Waals surface area contributed by atoms with Crippen molar-refractivity contribution in [2.75, 3.05) is 13.9 Å². The summed E-state index contributed by atoms with van der Waals surface area (Å²) < 4.78 is 17.0. The number of rotatable bonds is 9. The van der Waals surface area contributed by atoms with Crippen LogP contribution in [0, 0.1) is 17.8 Å². The van der Waals surface area contributed by atoms with Crippen molar-refractivity contribution in [1.82, 2.24) is 0 Å². The van der Waals surface area contributed by atoms with Gasteiger partial charge in [-0.3, -0.25) is 4.79 Å². The van der Waals surface area contributed by atoms with Crippen LogP contribution in [0.25, 0.3) is 0 Å². The molecule has 1 atom stereocenters. The highest BCUT2D eigenvalue weighted by molar-refractivity contribution is 7.80. The highest BCUT2D eigenvalue weighted by atomic mass is 32.1. The Bertz CT molecular complexity index is 1060. The Balaban J connectivity index is 1.50. The molecular weight excluding hydrogens is 448 g/mol. The van der Waals surface area contributed by atoms with Crippen molar-refractivity contribution < 1.29 is 24.1 Å². The number of thiocarbonyl (C=S) groups is 1. The second-order valence-electron chi connectivity index (χ2n) is 10.3. The molecule has 4 bridgehead atoms. The zero-order valence-electron chi connectivity index (χ0n) is 19.8. The van der Waals surface area contributed by atoms with Gasteiger partial charge in [0.25, 0.3) is 0 Å². The molecule has 0 spiro atoms. The summed E-state index contributed by atoms with van der Waals surface area (Å²) in [5, 5.41) is 9.63. The molecule has 0 aromatic heterocycles. The molecule has 0 heterocycles. The van der Waals surface area contributed by atoms with Crippen molar-refractivity contribution in [1.29, 1.82) is 0 Å². The van der Waals surface area contributed by atoms with Crippen LogP contribution in [-0.4, -0.2) is 36.1 Å². The quantitative estimate of drug-likeness (QED) is 0.271. The molecule has 4 aliphatic rings. The van der Waals surface area contributed by atoms with Gasteiger partial charge in [-0.2, -0.15) is 0 Å². The predicted molar refractivity (Wildman–Crippen MR) is 134 cm³/mol. The molecule has 2 aromatic rings. The summed E-state index contributed by atoms with van der Waals surface area (Å²) in [5.41, 5.74) is 2.57. The van der Waals surface area contributed by atoms with E-state index < -0.39 is 0 Å². The Morgan fingerprint density at radius 1 is 1.06 bits per heavy atom. The molecule has 0 radical (unpaired) electrons. The third-order valence-electron chi connectivity index (χ3n) is 8.10. The number of benzene rings is 2. The third-order valence-corrected chi connectivity index (χ3v) is 8.32. The van der Waals surface area contributed by atoms with Gasteiger partial charge in [-0.05, 0) is 93.0 Å². The number of hydrogen-bond donors (Lipinski definition) is 1. The summed E-state index contributed by atoms with van der Waals surface area (Å²) in [7, 11) is 1.59. The zero-order valence-corrected chi connectivity index (χ0v) is 20.6. The first-order valence-corrected chi connectivity index (χ1v) is 12.6. The van der Waals surface area contributed by atoms with E-state index in [2.05, 4.69) is 6.07 Å². The standard InChI is InChI=1S/C28H32O5S/c1-17(31-2)32-16-33-25-12-21(26(29)22-5-3-4-6-23(22)27(30)34)7-8-24(25)28-13-18-9-19(14-28)11-20(10-18)15-28/h3-8,12,17-20H,9-11,13-16H2,1-2H3,(H,30,34). The summed E-state index contributed by atoms with van der Waals surface area (Å²) >= 11 is 4.96. The Kier molecular flexibility index (Phi) is 6.49. The Morgan fingerprint density at radius 3 is 2.26 bits per heavy atom. The Hall–Kier alpha value is -2.28. The molecule has 1 unspecified atom stereocenters. The molecule has 4 aliphatic carbocycles. The van der Waals surface area contributed by atoms with Gasteiger partial charge in [0.05, 0.1) is 0 Å². The van der Waals surface area contributed by atoms with E-state index in [0.717, 1.165) is 17.8 Å². The van der Waals surface area contributed by atoms with Gasteiger partial charge in [-0.25, -0.2) is 0 Å². The third kappa shape index (κ3) is 4.39. The lowest BCUT2D eigenvalue weighted by Gasteiger charge is -2.57. The number of ketones is 1. The lowest BCUT2D eigenvalue weighted by atomic mass is 9.48. The maximum Gasteiger partial charge on any atom is 0.193 e. The van der Waals surface area contributed by atoms with Crippen molar-refractivity contribution >= 4 is 23.1 Å². The maximum absolute atomic E-state index is 13.4. The molecule has 180 valence electrons. The maximum atomic E-state index is 13.4. The highest BCUT2D eigenvalue weighted by Crippen LogP contribution is 2.61. The second kappa shape index (κ2) is 9.40. The molecule has 0 saturated heterocycles. The number of carbonyl (C=O) groups excluding carboxylic acids is 1. The second-order valence-corrected chi connectivity index (χ2v) is 10.7. The van der Waals surface area contributed by atoms with Crippen LogP contribution in [0.3, 0.4) is 0 Å². The van der Waals surface area contributed by atoms with Gasteiger partial charge in [0.15, 0.2) is 23.9 Å². The van der Waals surface area contributed by atoms with E-state index in [1.807, 2.05) is 19.1 Å². The summed E-state index contributed by atoms with van der Waals surface area (Å²) in [6.45, 7) is 1.86. The van der Waals surface area contributed by atoms with E-state index in [1.165, 1.54) is 44.1 Å². The van der Waals surface area contributed by atoms with Gasteiger partial charge >= 0.3 is 0 Å². The van der Waals surface area contributed by atoms with Gasteiger partial charge in [0.1, 0.15) is 5.75 Å². The largest absolute Gasteiger partial charge is 0.499 e. The van der Waals surface area contributed by atoms with Crippen molar-refractivity contribution in [3.8, 4) is 5.75 Å². The fourth-order valence-electron chi connectivity index (χ4n) is 6.95. The topological polar surface area (TPSA) is 65.0 Å². The number of aliphatic hydroxyl groups is 1. The smallest absolute Gasteiger partial charge is 0.193 e. The Labute approximate surface area is 206 Å². The summed E-state index contributed by atoms with van der Waals surface area (Å²) in [5.74, 6) is 2.90. The van der Waals surface area contributed by atoms with Crippen LogP contribution in [0.2, 0.25) is 0 Å². The van der Waals surface area contributed by atoms with Crippen molar-refractivity contribution in [3.63, 3.8) is 0 Å². The number of aliphatic hydroxyl groups excluding tert-OH is 1. The number of methoxy groups -OCH3 is 1. The van der Waals surface area contributed by atoms with Crippen LogP contribution >= 0.6 is 12.2 Å². The monoisotopic (exact) mass is 480 g/mol. The minimum atomic E-state index is -0.384. The van der Waals surface area contributed by atoms with Gasteiger partial charge in [0.2, 0.25) is 0 Å². The zero-order chi connectivity index (χ0) is 23.9. The fraction of sp³-hybridized carbons (Fsp3) is 0.500. The lowest BCUT2D eigenvalue weighted by molar-refractivity contribution is -0.150. The van der Waals surface area contributed by atoms with Gasteiger partial charge in [-0.15, -0.1) is 0 Å². The number of carbonyl (C=O) groups is 1.